The molecular formula is C23H25N3O2. The number of nitrogens with zero attached hydrogens (tertiary/aromatic N) is 3. The number of nitro groups is 1. The Morgan fingerprint density at radius 2 is 1.86 bits per heavy atom. The number of hydrogen-bond acceptors (Lipinski definition) is 3. The van der Waals surface area contributed by atoms with Crippen LogP contribution < -0.4 is 0 Å². The van der Waals surface area contributed by atoms with Crippen molar-refractivity contribution in [2.45, 2.75) is 40.0 Å². The Bertz CT molecular complexity index is 1020. The molecule has 0 N–H and O–H groups in total. The van der Waals surface area contributed by atoms with E-state index in [4.69, 9.17) is 0 Å². The summed E-state index contributed by atoms with van der Waals surface area (Å²) < 4.78 is 2.01. The van der Waals surface area contributed by atoms with Crippen LogP contribution in [0.1, 0.15) is 48.7 Å². The van der Waals surface area contributed by atoms with E-state index in [-0.39, 0.29) is 10.6 Å². The van der Waals surface area contributed by atoms with Crippen LogP contribution >= 0.6 is 0 Å². The Morgan fingerprint density at radius 1 is 1.14 bits per heavy atom. The second-order valence-electron chi connectivity index (χ2n) is 7.10. The van der Waals surface area contributed by atoms with Crippen LogP contribution in [0.25, 0.3) is 5.69 Å². The lowest BCUT2D eigenvalue weighted by atomic mass is 9.99. The Kier molecular flexibility index (Phi) is 5.73. The van der Waals surface area contributed by atoms with Gasteiger partial charge in [0, 0.05) is 35.3 Å². The summed E-state index contributed by atoms with van der Waals surface area (Å²) in [7, 11) is 0. The monoisotopic (exact) mass is 375 g/mol. The molecule has 0 unspecified atom stereocenters. The molecule has 5 heteroatoms. The summed E-state index contributed by atoms with van der Waals surface area (Å²) in [6.07, 6.45) is 2.97. The molecule has 1 aromatic heterocycles. The fraction of sp³-hybridized carbons (Fsp3) is 0.261. The first-order chi connectivity index (χ1) is 13.4. The predicted molar refractivity (Wildman–Crippen MR) is 114 cm³/mol. The number of aryl methyl sites for hydroxylation is 1. The largest absolute Gasteiger partial charge is 0.318 e. The number of non-ortho nitro benzene ring substituents is 1. The highest BCUT2D eigenvalue weighted by atomic mass is 16.6. The molecule has 3 aromatic rings. The summed E-state index contributed by atoms with van der Waals surface area (Å²) >= 11 is 0. The summed E-state index contributed by atoms with van der Waals surface area (Å²) in [6.45, 7) is 8.40. The molecule has 0 saturated heterocycles. The van der Waals surface area contributed by atoms with Crippen LogP contribution in [0.3, 0.4) is 0 Å². The highest BCUT2D eigenvalue weighted by molar-refractivity contribution is 5.84. The molecule has 144 valence electrons. The molecule has 1 atom stereocenters. The predicted octanol–water partition coefficient (Wildman–Crippen LogP) is 6.27. The van der Waals surface area contributed by atoms with E-state index in [9.17, 15) is 10.1 Å². The lowest BCUT2D eigenvalue weighted by Crippen LogP contribution is -2.00. The molecule has 5 nitrogen and oxygen atoms in total. The lowest BCUT2D eigenvalue weighted by molar-refractivity contribution is -0.384. The maximum atomic E-state index is 11.1. The normalized spacial score (nSPS) is 12.4. The minimum atomic E-state index is -0.372. The van der Waals surface area contributed by atoms with Crippen molar-refractivity contribution >= 4 is 17.6 Å². The molecule has 0 bridgehead atoms. The van der Waals surface area contributed by atoms with Gasteiger partial charge in [0.1, 0.15) is 0 Å². The van der Waals surface area contributed by atoms with E-state index >= 15 is 0 Å². The smallest absolute Gasteiger partial charge is 0.271 e. The van der Waals surface area contributed by atoms with Gasteiger partial charge >= 0.3 is 0 Å². The van der Waals surface area contributed by atoms with Gasteiger partial charge in [-0.2, -0.15) is 0 Å². The second kappa shape index (κ2) is 8.21. The molecule has 0 aliphatic rings. The summed E-state index contributed by atoms with van der Waals surface area (Å²) in [5.41, 5.74) is 6.10. The minimum Gasteiger partial charge on any atom is -0.318 e. The van der Waals surface area contributed by atoms with Crippen molar-refractivity contribution in [3.63, 3.8) is 0 Å². The van der Waals surface area contributed by atoms with Crippen LogP contribution in [0.15, 0.2) is 59.6 Å². The van der Waals surface area contributed by atoms with Gasteiger partial charge in [0.2, 0.25) is 0 Å². The molecule has 0 amide bonds. The number of nitro benzene ring substituents is 1. The molecule has 0 radical (unpaired) electrons. The van der Waals surface area contributed by atoms with E-state index in [0.29, 0.717) is 5.92 Å². The van der Waals surface area contributed by atoms with Crippen molar-refractivity contribution < 1.29 is 4.92 Å². The van der Waals surface area contributed by atoms with E-state index in [0.717, 1.165) is 34.7 Å². The third-order valence-electron chi connectivity index (χ3n) is 5.20. The van der Waals surface area contributed by atoms with Gasteiger partial charge in [-0.3, -0.25) is 15.1 Å². The quantitative estimate of drug-likeness (QED) is 0.290. The molecule has 0 aliphatic heterocycles. The van der Waals surface area contributed by atoms with Crippen LogP contribution in [0.5, 0.6) is 0 Å². The molecule has 0 spiro atoms. The Labute approximate surface area is 165 Å². The van der Waals surface area contributed by atoms with Crippen molar-refractivity contribution in [3.8, 4) is 5.69 Å². The van der Waals surface area contributed by atoms with E-state index < -0.39 is 0 Å². The first kappa shape index (κ1) is 19.5. The van der Waals surface area contributed by atoms with Crippen LogP contribution in [0.4, 0.5) is 11.4 Å². The van der Waals surface area contributed by atoms with Gasteiger partial charge in [-0.1, -0.05) is 32.0 Å². The van der Waals surface area contributed by atoms with Gasteiger partial charge in [0.25, 0.3) is 5.69 Å². The van der Waals surface area contributed by atoms with E-state index in [1.54, 1.807) is 12.1 Å². The summed E-state index contributed by atoms with van der Waals surface area (Å²) in [5.74, 6) is 0.548. The molecular weight excluding hydrogens is 350 g/mol. The SMILES string of the molecule is CC[C@@H](C)c1ccc(N=Cc2cc(C)n(-c3cccc([N+](=O)[O-])c3)c2C)cc1. The molecule has 28 heavy (non-hydrogen) atoms. The van der Waals surface area contributed by atoms with Crippen LogP contribution in [-0.4, -0.2) is 15.7 Å². The molecule has 0 fully saturated rings. The average Bonchev–Trinajstić information content (AvgIpc) is 2.99. The first-order valence-electron chi connectivity index (χ1n) is 9.48. The van der Waals surface area contributed by atoms with Gasteiger partial charge in [-0.15, -0.1) is 0 Å². The zero-order valence-corrected chi connectivity index (χ0v) is 16.7. The van der Waals surface area contributed by atoms with E-state index in [1.807, 2.05) is 48.9 Å². The fourth-order valence-electron chi connectivity index (χ4n) is 3.33. The fourth-order valence-corrected chi connectivity index (χ4v) is 3.33. The zero-order valence-electron chi connectivity index (χ0n) is 16.7. The number of hydrogen-bond donors (Lipinski definition) is 0. The second-order valence-corrected chi connectivity index (χ2v) is 7.10. The van der Waals surface area contributed by atoms with Crippen LogP contribution in [-0.2, 0) is 0 Å². The van der Waals surface area contributed by atoms with Crippen LogP contribution in [0, 0.1) is 24.0 Å². The minimum absolute atomic E-state index is 0.0848. The van der Waals surface area contributed by atoms with Gasteiger partial charge in [0.05, 0.1) is 16.3 Å². The number of benzene rings is 2. The number of aliphatic imine (C=N–C) groups is 1. The molecule has 2 aromatic carbocycles. The maximum absolute atomic E-state index is 11.1. The highest BCUT2D eigenvalue weighted by Crippen LogP contribution is 2.25. The molecule has 1 heterocycles. The number of aromatic nitrogens is 1. The lowest BCUT2D eigenvalue weighted by Gasteiger charge is -2.09. The van der Waals surface area contributed by atoms with E-state index in [2.05, 4.69) is 31.0 Å². The van der Waals surface area contributed by atoms with E-state index in [1.165, 1.54) is 11.6 Å². The third kappa shape index (κ3) is 4.03. The van der Waals surface area contributed by atoms with Crippen molar-refractivity contribution in [1.29, 1.82) is 0 Å². The average molecular weight is 375 g/mol. The Morgan fingerprint density at radius 3 is 2.50 bits per heavy atom. The standard InChI is InChI=1S/C23H25N3O2/c1-5-16(2)19-9-11-21(12-10-19)24-15-20-13-17(3)25(18(20)4)22-7-6-8-23(14-22)26(27)28/h6-16H,5H2,1-4H3/t16-/m1/s1. The van der Waals surface area contributed by atoms with Crippen LogP contribution in [0.2, 0.25) is 0 Å². The van der Waals surface area contributed by atoms with Crippen molar-refractivity contribution in [2.24, 2.45) is 4.99 Å². The number of rotatable bonds is 6. The van der Waals surface area contributed by atoms with Gasteiger partial charge in [0.15, 0.2) is 0 Å². The van der Waals surface area contributed by atoms with Gasteiger partial charge in [-0.25, -0.2) is 0 Å². The summed E-state index contributed by atoms with van der Waals surface area (Å²) in [6, 6.07) is 17.1. The molecule has 0 aliphatic carbocycles. The van der Waals surface area contributed by atoms with Gasteiger partial charge in [-0.05, 0) is 56.0 Å². The Balaban J connectivity index is 1.89. The maximum Gasteiger partial charge on any atom is 0.271 e. The third-order valence-corrected chi connectivity index (χ3v) is 5.20. The molecule has 0 saturated carbocycles. The van der Waals surface area contributed by atoms with Gasteiger partial charge < -0.3 is 4.57 Å². The Hall–Kier alpha value is -3.21. The van der Waals surface area contributed by atoms with Crippen molar-refractivity contribution in [2.75, 3.05) is 0 Å². The highest BCUT2D eigenvalue weighted by Gasteiger charge is 2.12. The van der Waals surface area contributed by atoms with Crippen molar-refractivity contribution in [3.05, 3.63) is 87.2 Å². The molecule has 3 rings (SSSR count). The van der Waals surface area contributed by atoms with Crippen molar-refractivity contribution in [1.82, 2.24) is 4.57 Å². The summed E-state index contributed by atoms with van der Waals surface area (Å²) in [4.78, 5) is 15.3. The summed E-state index contributed by atoms with van der Waals surface area (Å²) in [5, 5.41) is 11.1. The first-order valence-corrected chi connectivity index (χ1v) is 9.48. The topological polar surface area (TPSA) is 60.4 Å². The zero-order chi connectivity index (χ0) is 20.3.